The lowest BCUT2D eigenvalue weighted by Gasteiger charge is -2.27. The van der Waals surface area contributed by atoms with Crippen molar-refractivity contribution in [2.24, 2.45) is 0 Å². The number of hydrogen-bond donors (Lipinski definition) is 0. The lowest BCUT2D eigenvalue weighted by molar-refractivity contribution is -0.134. The lowest BCUT2D eigenvalue weighted by atomic mass is 10.1. The van der Waals surface area contributed by atoms with Gasteiger partial charge in [-0.1, -0.05) is 48.0 Å². The van der Waals surface area contributed by atoms with Gasteiger partial charge in [0, 0.05) is 13.1 Å². The number of sulfonamides is 1. The SMILES string of the molecule is Cc1ccc(S(=O)(=O)N(Cc2ccccc2)c2ccc(OCC(=O)N3CCCCC3)cc2)cc1. The predicted octanol–water partition coefficient (Wildman–Crippen LogP) is 4.78. The molecule has 1 fully saturated rings. The van der Waals surface area contributed by atoms with Crippen LogP contribution in [0.3, 0.4) is 0 Å². The summed E-state index contributed by atoms with van der Waals surface area (Å²) in [5, 5.41) is 0. The van der Waals surface area contributed by atoms with Gasteiger partial charge in [-0.25, -0.2) is 8.42 Å². The first-order valence-corrected chi connectivity index (χ1v) is 13.0. The molecular weight excluding hydrogens is 448 g/mol. The third-order valence-corrected chi connectivity index (χ3v) is 7.76. The van der Waals surface area contributed by atoms with Crippen LogP contribution >= 0.6 is 0 Å². The highest BCUT2D eigenvalue weighted by molar-refractivity contribution is 7.92. The zero-order valence-corrected chi connectivity index (χ0v) is 20.2. The number of rotatable bonds is 8. The van der Waals surface area contributed by atoms with Crippen LogP contribution in [0.4, 0.5) is 5.69 Å². The van der Waals surface area contributed by atoms with Crippen LogP contribution in [0.5, 0.6) is 5.75 Å². The Morgan fingerprint density at radius 1 is 0.882 bits per heavy atom. The molecule has 1 saturated heterocycles. The van der Waals surface area contributed by atoms with Gasteiger partial charge >= 0.3 is 0 Å². The van der Waals surface area contributed by atoms with Crippen LogP contribution in [0.2, 0.25) is 0 Å². The maximum atomic E-state index is 13.6. The number of piperidine rings is 1. The van der Waals surface area contributed by atoms with Gasteiger partial charge in [0.2, 0.25) is 0 Å². The molecule has 1 aliphatic rings. The number of carbonyl (C=O) groups excluding carboxylic acids is 1. The molecule has 0 aromatic heterocycles. The van der Waals surface area contributed by atoms with E-state index in [0.29, 0.717) is 11.4 Å². The Hall–Kier alpha value is -3.32. The van der Waals surface area contributed by atoms with Crippen LogP contribution < -0.4 is 9.04 Å². The summed E-state index contributed by atoms with van der Waals surface area (Å²) in [7, 11) is -3.79. The molecule has 1 aliphatic heterocycles. The number of hydrogen-bond acceptors (Lipinski definition) is 4. The normalized spacial score (nSPS) is 14.0. The molecule has 1 amide bonds. The molecule has 0 N–H and O–H groups in total. The summed E-state index contributed by atoms with van der Waals surface area (Å²) in [6, 6.07) is 23.2. The summed E-state index contributed by atoms with van der Waals surface area (Å²) in [5.74, 6) is 0.512. The second kappa shape index (κ2) is 10.7. The van der Waals surface area contributed by atoms with Gasteiger partial charge in [-0.05, 0) is 68.1 Å². The summed E-state index contributed by atoms with van der Waals surface area (Å²) in [4.78, 5) is 14.5. The summed E-state index contributed by atoms with van der Waals surface area (Å²) in [6.07, 6.45) is 3.23. The highest BCUT2D eigenvalue weighted by atomic mass is 32.2. The topological polar surface area (TPSA) is 66.9 Å². The fraction of sp³-hybridized carbons (Fsp3) is 0.296. The van der Waals surface area contributed by atoms with Gasteiger partial charge in [-0.15, -0.1) is 0 Å². The van der Waals surface area contributed by atoms with E-state index in [-0.39, 0.29) is 24.0 Å². The third-order valence-electron chi connectivity index (χ3n) is 5.97. The molecule has 0 bridgehead atoms. The summed E-state index contributed by atoms with van der Waals surface area (Å²) in [6.45, 7) is 3.67. The average Bonchev–Trinajstić information content (AvgIpc) is 2.87. The zero-order chi connectivity index (χ0) is 24.0. The minimum absolute atomic E-state index is 0.0172. The van der Waals surface area contributed by atoms with Crippen LogP contribution in [-0.2, 0) is 21.4 Å². The predicted molar refractivity (Wildman–Crippen MR) is 133 cm³/mol. The van der Waals surface area contributed by atoms with Crippen LogP contribution in [0.1, 0.15) is 30.4 Å². The van der Waals surface area contributed by atoms with E-state index in [4.69, 9.17) is 4.74 Å². The number of benzene rings is 3. The van der Waals surface area contributed by atoms with E-state index >= 15 is 0 Å². The summed E-state index contributed by atoms with van der Waals surface area (Å²) < 4.78 is 34.2. The number of likely N-dealkylation sites (tertiary alicyclic amines) is 1. The summed E-state index contributed by atoms with van der Waals surface area (Å²) in [5.41, 5.74) is 2.40. The number of carbonyl (C=O) groups is 1. The van der Waals surface area contributed by atoms with Crippen molar-refractivity contribution in [2.45, 2.75) is 37.6 Å². The molecule has 3 aromatic rings. The molecule has 0 atom stereocenters. The van der Waals surface area contributed by atoms with Gasteiger partial charge in [0.15, 0.2) is 6.61 Å². The van der Waals surface area contributed by atoms with E-state index in [2.05, 4.69) is 0 Å². The number of amides is 1. The Morgan fingerprint density at radius 2 is 1.53 bits per heavy atom. The van der Waals surface area contributed by atoms with E-state index in [1.54, 1.807) is 48.5 Å². The Kier molecular flexibility index (Phi) is 7.53. The van der Waals surface area contributed by atoms with Gasteiger partial charge in [0.25, 0.3) is 15.9 Å². The fourth-order valence-corrected chi connectivity index (χ4v) is 5.44. The quantitative estimate of drug-likeness (QED) is 0.467. The molecule has 3 aromatic carbocycles. The van der Waals surface area contributed by atoms with E-state index < -0.39 is 10.0 Å². The highest BCUT2D eigenvalue weighted by Crippen LogP contribution is 2.28. The van der Waals surface area contributed by atoms with Crippen molar-refractivity contribution >= 4 is 21.6 Å². The smallest absolute Gasteiger partial charge is 0.264 e. The fourth-order valence-electron chi connectivity index (χ4n) is 3.99. The van der Waals surface area contributed by atoms with Crippen LogP contribution in [0.15, 0.2) is 83.8 Å². The average molecular weight is 479 g/mol. The molecule has 6 nitrogen and oxygen atoms in total. The second-order valence-electron chi connectivity index (χ2n) is 8.53. The lowest BCUT2D eigenvalue weighted by Crippen LogP contribution is -2.38. The minimum atomic E-state index is -3.79. The first-order valence-electron chi connectivity index (χ1n) is 11.6. The standard InChI is InChI=1S/C27H30N2O4S/c1-22-10-16-26(17-11-22)34(31,32)29(20-23-8-4-2-5-9-23)24-12-14-25(15-13-24)33-21-27(30)28-18-6-3-7-19-28/h2,4-5,8-17H,3,6-7,18-21H2,1H3. The maximum absolute atomic E-state index is 13.6. The van der Waals surface area contributed by atoms with Crippen LogP contribution in [-0.4, -0.2) is 38.9 Å². The number of nitrogens with zero attached hydrogens (tertiary/aromatic N) is 2. The van der Waals surface area contributed by atoms with Crippen molar-refractivity contribution in [3.05, 3.63) is 90.0 Å². The van der Waals surface area contributed by atoms with Gasteiger partial charge < -0.3 is 9.64 Å². The largest absolute Gasteiger partial charge is 0.484 e. The van der Waals surface area contributed by atoms with Crippen molar-refractivity contribution in [3.8, 4) is 5.75 Å². The third kappa shape index (κ3) is 5.78. The van der Waals surface area contributed by atoms with E-state index in [9.17, 15) is 13.2 Å². The van der Waals surface area contributed by atoms with Gasteiger partial charge in [0.1, 0.15) is 5.75 Å². The molecule has 178 valence electrons. The molecule has 0 saturated carbocycles. The number of anilines is 1. The Morgan fingerprint density at radius 3 is 2.18 bits per heavy atom. The van der Waals surface area contributed by atoms with Gasteiger partial charge in [0.05, 0.1) is 17.1 Å². The van der Waals surface area contributed by atoms with E-state index in [1.165, 1.54) is 4.31 Å². The van der Waals surface area contributed by atoms with Crippen molar-refractivity contribution in [3.63, 3.8) is 0 Å². The van der Waals surface area contributed by atoms with E-state index in [0.717, 1.165) is 43.5 Å². The second-order valence-corrected chi connectivity index (χ2v) is 10.4. The van der Waals surface area contributed by atoms with Crippen molar-refractivity contribution in [1.82, 2.24) is 4.90 Å². The first kappa shape index (κ1) is 23.8. The van der Waals surface area contributed by atoms with Crippen LogP contribution in [0, 0.1) is 6.92 Å². The molecule has 7 heteroatoms. The van der Waals surface area contributed by atoms with Crippen molar-refractivity contribution in [1.29, 1.82) is 0 Å². The molecule has 4 rings (SSSR count). The Balaban J connectivity index is 1.53. The summed E-state index contributed by atoms with van der Waals surface area (Å²) >= 11 is 0. The number of ether oxygens (including phenoxy) is 1. The Labute approximate surface area is 201 Å². The van der Waals surface area contributed by atoms with Gasteiger partial charge in [-0.3, -0.25) is 9.10 Å². The highest BCUT2D eigenvalue weighted by Gasteiger charge is 2.25. The molecule has 34 heavy (non-hydrogen) atoms. The first-order chi connectivity index (χ1) is 16.4. The minimum Gasteiger partial charge on any atom is -0.484 e. The molecule has 0 radical (unpaired) electrons. The molecule has 1 heterocycles. The van der Waals surface area contributed by atoms with Crippen LogP contribution in [0.25, 0.3) is 0 Å². The van der Waals surface area contributed by atoms with Crippen molar-refractivity contribution < 1.29 is 17.9 Å². The van der Waals surface area contributed by atoms with Crippen molar-refractivity contribution in [2.75, 3.05) is 24.0 Å². The van der Waals surface area contributed by atoms with Gasteiger partial charge in [-0.2, -0.15) is 0 Å². The molecular formula is C27H30N2O4S. The number of aryl methyl sites for hydroxylation is 1. The Bertz CT molecular complexity index is 1190. The molecule has 0 spiro atoms. The maximum Gasteiger partial charge on any atom is 0.264 e. The monoisotopic (exact) mass is 478 g/mol. The zero-order valence-electron chi connectivity index (χ0n) is 19.4. The van der Waals surface area contributed by atoms with E-state index in [1.807, 2.05) is 42.2 Å². The molecule has 0 unspecified atom stereocenters. The molecule has 0 aliphatic carbocycles.